The van der Waals surface area contributed by atoms with Crippen molar-refractivity contribution in [2.45, 2.75) is 0 Å². The van der Waals surface area contributed by atoms with E-state index in [1.165, 1.54) is 0 Å². The predicted molar refractivity (Wildman–Crippen MR) is 40.8 cm³/mol. The molecule has 0 aliphatic rings. The Kier molecular flexibility index (Phi) is 2.11. The standard InChI is InChI=1S/C4H5NO4S2/c6-1-3(8)10-11-4(9)2(7)5-1/h5-9H. The van der Waals surface area contributed by atoms with Crippen LogP contribution in [0.2, 0.25) is 0 Å². The molecule has 5 N–H and O–H groups in total. The Hall–Kier alpha value is -1.08. The lowest BCUT2D eigenvalue weighted by molar-refractivity contribution is 0.369. The second kappa shape index (κ2) is 2.89. The number of nitrogens with one attached hydrogen (secondary N) is 1. The summed E-state index contributed by atoms with van der Waals surface area (Å²) in [4.78, 5) is 1.97. The number of aromatic nitrogens is 1. The summed E-state index contributed by atoms with van der Waals surface area (Å²) in [6.07, 6.45) is 0. The second-order valence-corrected chi connectivity index (χ2v) is 3.71. The van der Waals surface area contributed by atoms with Crippen molar-refractivity contribution in [2.24, 2.45) is 0 Å². The Balaban J connectivity index is 3.41. The van der Waals surface area contributed by atoms with Gasteiger partial charge in [0.25, 0.3) is 0 Å². The minimum atomic E-state index is -0.580. The molecule has 0 radical (unpaired) electrons. The molecule has 7 heteroatoms. The average Bonchev–Trinajstić information content (AvgIpc) is 2.05. The van der Waals surface area contributed by atoms with Crippen LogP contribution in [0.4, 0.5) is 0 Å². The highest BCUT2D eigenvalue weighted by Crippen LogP contribution is 2.36. The van der Waals surface area contributed by atoms with Crippen molar-refractivity contribution in [1.29, 1.82) is 0 Å². The molecule has 0 aromatic carbocycles. The fourth-order valence-corrected chi connectivity index (χ4v) is 1.74. The topological polar surface area (TPSA) is 96.7 Å². The van der Waals surface area contributed by atoms with Crippen LogP contribution in [0.25, 0.3) is 0 Å². The van der Waals surface area contributed by atoms with E-state index < -0.39 is 21.9 Å². The lowest BCUT2D eigenvalue weighted by Crippen LogP contribution is -1.68. The van der Waals surface area contributed by atoms with Gasteiger partial charge in [-0.2, -0.15) is 0 Å². The van der Waals surface area contributed by atoms with Gasteiger partial charge < -0.3 is 20.4 Å². The molecule has 0 amide bonds. The van der Waals surface area contributed by atoms with Crippen LogP contribution in [0, 0.1) is 0 Å². The first kappa shape index (κ1) is 8.02. The van der Waals surface area contributed by atoms with Crippen LogP contribution in [0.3, 0.4) is 0 Å². The smallest absolute Gasteiger partial charge is 0.246 e. The Morgan fingerprint density at radius 2 is 1.18 bits per heavy atom. The van der Waals surface area contributed by atoms with Gasteiger partial charge in [-0.1, -0.05) is 0 Å². The molecule has 1 aromatic heterocycles. The highest BCUT2D eigenvalue weighted by atomic mass is 32.9. The summed E-state index contributed by atoms with van der Waals surface area (Å²) in [5.41, 5.74) is 0. The molecule has 1 rings (SSSR count). The van der Waals surface area contributed by atoms with Gasteiger partial charge in [-0.05, 0) is 20.7 Å². The van der Waals surface area contributed by atoms with Gasteiger partial charge >= 0.3 is 0 Å². The fraction of sp³-hybridized carbons (Fsp3) is 0. The lowest BCUT2D eigenvalue weighted by Gasteiger charge is -1.88. The summed E-state index contributed by atoms with van der Waals surface area (Å²) in [5.74, 6) is -1.16. The summed E-state index contributed by atoms with van der Waals surface area (Å²) < 4.78 is 0. The van der Waals surface area contributed by atoms with Gasteiger partial charge in [0.1, 0.15) is 0 Å². The highest BCUT2D eigenvalue weighted by Gasteiger charge is 2.02. The van der Waals surface area contributed by atoms with Crippen molar-refractivity contribution in [2.75, 3.05) is 0 Å². The largest absolute Gasteiger partial charge is 0.495 e. The van der Waals surface area contributed by atoms with Gasteiger partial charge in [-0.3, -0.25) is 4.98 Å². The minimum Gasteiger partial charge on any atom is -0.495 e. The summed E-state index contributed by atoms with van der Waals surface area (Å²) >= 11 is 0. The molecule has 5 nitrogen and oxygen atoms in total. The van der Waals surface area contributed by atoms with E-state index in [4.69, 9.17) is 20.4 Å². The van der Waals surface area contributed by atoms with Crippen LogP contribution in [0.15, 0.2) is 0 Å². The van der Waals surface area contributed by atoms with Crippen LogP contribution in [0.1, 0.15) is 0 Å². The zero-order chi connectivity index (χ0) is 8.43. The molecule has 0 atom stereocenters. The van der Waals surface area contributed by atoms with Crippen molar-refractivity contribution in [3.63, 3.8) is 0 Å². The van der Waals surface area contributed by atoms with E-state index in [0.717, 1.165) is 20.7 Å². The third-order valence-corrected chi connectivity index (χ3v) is 2.82. The SMILES string of the molecule is Oc1[nH]c(O)c(O)ssc1O. The van der Waals surface area contributed by atoms with Gasteiger partial charge in [0.05, 0.1) is 0 Å². The highest BCUT2D eigenvalue weighted by molar-refractivity contribution is 7.70. The third-order valence-electron chi connectivity index (χ3n) is 0.841. The number of aromatic amines is 1. The lowest BCUT2D eigenvalue weighted by atomic mass is 10.8. The molecular weight excluding hydrogens is 190 g/mol. The van der Waals surface area contributed by atoms with E-state index >= 15 is 0 Å². The molecule has 1 aromatic rings. The van der Waals surface area contributed by atoms with Gasteiger partial charge in [-0.25, -0.2) is 0 Å². The van der Waals surface area contributed by atoms with Gasteiger partial charge in [0, 0.05) is 0 Å². The Bertz CT molecular complexity index is 270. The monoisotopic (exact) mass is 195 g/mol. The molecule has 0 unspecified atom stereocenters. The molecule has 62 valence electrons. The van der Waals surface area contributed by atoms with E-state index in [1.54, 1.807) is 0 Å². The molecular formula is C4H5NO4S2. The third kappa shape index (κ3) is 1.69. The number of rotatable bonds is 0. The van der Waals surface area contributed by atoms with Crippen LogP contribution in [0.5, 0.6) is 21.9 Å². The van der Waals surface area contributed by atoms with Gasteiger partial charge in [-0.15, -0.1) is 0 Å². The summed E-state index contributed by atoms with van der Waals surface area (Å²) in [6.45, 7) is 0. The van der Waals surface area contributed by atoms with E-state index in [1.807, 2.05) is 4.98 Å². The van der Waals surface area contributed by atoms with E-state index in [9.17, 15) is 0 Å². The van der Waals surface area contributed by atoms with E-state index in [0.29, 0.717) is 0 Å². The maximum Gasteiger partial charge on any atom is 0.246 e. The number of aromatic hydroxyl groups is 4. The maximum atomic E-state index is 8.85. The van der Waals surface area contributed by atoms with E-state index in [2.05, 4.69) is 0 Å². The van der Waals surface area contributed by atoms with Crippen molar-refractivity contribution in [1.82, 2.24) is 4.98 Å². The second-order valence-electron chi connectivity index (χ2n) is 1.60. The van der Waals surface area contributed by atoms with Crippen molar-refractivity contribution < 1.29 is 20.4 Å². The average molecular weight is 195 g/mol. The van der Waals surface area contributed by atoms with Crippen molar-refractivity contribution >= 4 is 20.7 Å². The van der Waals surface area contributed by atoms with Crippen molar-refractivity contribution in [3.05, 3.63) is 0 Å². The van der Waals surface area contributed by atoms with Crippen molar-refractivity contribution in [3.8, 4) is 21.9 Å². The Labute approximate surface area is 68.5 Å². The van der Waals surface area contributed by atoms with E-state index in [-0.39, 0.29) is 0 Å². The van der Waals surface area contributed by atoms with Crippen LogP contribution < -0.4 is 0 Å². The molecule has 0 saturated carbocycles. The summed E-state index contributed by atoms with van der Waals surface area (Å²) in [7, 11) is 1.46. The molecule has 0 fully saturated rings. The molecule has 11 heavy (non-hydrogen) atoms. The molecule has 1 heterocycles. The number of hydrogen-bond donors (Lipinski definition) is 5. The minimum absolute atomic E-state index is 0.398. The Morgan fingerprint density at radius 1 is 0.818 bits per heavy atom. The number of H-pyrrole nitrogens is 1. The summed E-state index contributed by atoms with van der Waals surface area (Å²) in [6, 6.07) is 0. The molecule has 0 spiro atoms. The van der Waals surface area contributed by atoms with Crippen LogP contribution in [-0.2, 0) is 0 Å². The van der Waals surface area contributed by atoms with Gasteiger partial charge in [0.15, 0.2) is 0 Å². The number of hydrogen-bond acceptors (Lipinski definition) is 6. The summed E-state index contributed by atoms with van der Waals surface area (Å²) in [5, 5.41) is 34.6. The normalized spacial score (nSPS) is 9.45. The first-order chi connectivity index (χ1) is 5.11. The first-order valence-corrected chi connectivity index (χ1v) is 4.62. The Morgan fingerprint density at radius 3 is 1.55 bits per heavy atom. The van der Waals surface area contributed by atoms with Gasteiger partial charge in [0.2, 0.25) is 21.9 Å². The molecule has 0 bridgehead atoms. The van der Waals surface area contributed by atoms with Crippen LogP contribution >= 0.6 is 20.7 Å². The maximum absolute atomic E-state index is 8.85. The molecule has 0 aliphatic carbocycles. The predicted octanol–water partition coefficient (Wildman–Crippen LogP) is 1.08. The fourth-order valence-electron chi connectivity index (χ4n) is 0.377. The molecule has 0 aliphatic heterocycles. The molecule has 0 saturated heterocycles. The quantitative estimate of drug-likeness (QED) is 0.400. The first-order valence-electron chi connectivity index (χ1n) is 2.47. The van der Waals surface area contributed by atoms with Crippen LogP contribution in [-0.4, -0.2) is 25.4 Å². The zero-order valence-electron chi connectivity index (χ0n) is 5.11. The zero-order valence-corrected chi connectivity index (χ0v) is 6.74.